The van der Waals surface area contributed by atoms with E-state index >= 15 is 0 Å². The largest absolute Gasteiger partial charge is 0.383 e. The maximum atomic E-state index is 13.3. The number of amides is 1. The second-order valence-corrected chi connectivity index (χ2v) is 7.65. The Morgan fingerprint density at radius 1 is 1.31 bits per heavy atom. The van der Waals surface area contributed by atoms with Gasteiger partial charge in [-0.1, -0.05) is 11.8 Å². The van der Waals surface area contributed by atoms with Crippen molar-refractivity contribution in [3.05, 3.63) is 30.1 Å². The third-order valence-corrected chi connectivity index (χ3v) is 5.64. The lowest BCUT2D eigenvalue weighted by molar-refractivity contribution is -0.908. The van der Waals surface area contributed by atoms with Crippen LogP contribution in [0.3, 0.4) is 0 Å². The molecular formula is C19H27FN5O3S+. The quantitative estimate of drug-likeness (QED) is 0.408. The molecule has 8 nitrogen and oxygen atoms in total. The summed E-state index contributed by atoms with van der Waals surface area (Å²) < 4.78 is 25.7. The summed E-state index contributed by atoms with van der Waals surface area (Å²) in [6.45, 7) is 6.05. The number of ether oxygens (including phenoxy) is 2. The van der Waals surface area contributed by atoms with Crippen LogP contribution >= 0.6 is 11.8 Å². The van der Waals surface area contributed by atoms with Gasteiger partial charge in [-0.2, -0.15) is 0 Å². The summed E-state index contributed by atoms with van der Waals surface area (Å²) in [6.07, 6.45) is 0. The summed E-state index contributed by atoms with van der Waals surface area (Å²) in [4.78, 5) is 13.5. The van der Waals surface area contributed by atoms with E-state index in [1.807, 2.05) is 4.57 Å². The molecule has 1 aliphatic rings. The molecule has 0 atom stereocenters. The van der Waals surface area contributed by atoms with Crippen molar-refractivity contribution in [2.24, 2.45) is 0 Å². The standard InChI is InChI=1S/C19H26FN5O3S/c1-27-11-6-21-17(26)14-29-19-23-22-18(15-2-4-16(20)5-3-15)25(19)8-7-24-9-12-28-13-10-24/h2-5H,6-14H2,1H3,(H,21,26)/p+1. The van der Waals surface area contributed by atoms with Crippen LogP contribution in [0.5, 0.6) is 0 Å². The Bertz CT molecular complexity index is 781. The van der Waals surface area contributed by atoms with Gasteiger partial charge in [-0.05, 0) is 24.3 Å². The molecule has 1 aromatic carbocycles. The lowest BCUT2D eigenvalue weighted by Crippen LogP contribution is -3.14. The maximum Gasteiger partial charge on any atom is 0.230 e. The molecule has 1 aliphatic heterocycles. The van der Waals surface area contributed by atoms with E-state index in [4.69, 9.17) is 9.47 Å². The highest BCUT2D eigenvalue weighted by Gasteiger charge is 2.19. The molecule has 2 heterocycles. The fraction of sp³-hybridized carbons (Fsp3) is 0.526. The molecule has 0 saturated carbocycles. The van der Waals surface area contributed by atoms with Crippen molar-refractivity contribution in [1.82, 2.24) is 20.1 Å². The molecular weight excluding hydrogens is 397 g/mol. The zero-order valence-corrected chi connectivity index (χ0v) is 17.3. The van der Waals surface area contributed by atoms with Gasteiger partial charge in [-0.15, -0.1) is 10.2 Å². The SMILES string of the molecule is COCCNC(=O)CSc1nnc(-c2ccc(F)cc2)n1CC[NH+]1CCOCC1. The lowest BCUT2D eigenvalue weighted by atomic mass is 10.2. The molecule has 3 rings (SSSR count). The number of hydrogen-bond donors (Lipinski definition) is 2. The summed E-state index contributed by atoms with van der Waals surface area (Å²) in [5.41, 5.74) is 0.798. The fourth-order valence-corrected chi connectivity index (χ4v) is 3.86. The van der Waals surface area contributed by atoms with E-state index in [0.29, 0.717) is 30.7 Å². The highest BCUT2D eigenvalue weighted by molar-refractivity contribution is 7.99. The molecule has 2 aromatic rings. The maximum absolute atomic E-state index is 13.3. The Labute approximate surface area is 173 Å². The number of aromatic nitrogens is 3. The average molecular weight is 425 g/mol. The molecule has 1 saturated heterocycles. The topological polar surface area (TPSA) is 82.7 Å². The minimum absolute atomic E-state index is 0.0799. The van der Waals surface area contributed by atoms with Crippen molar-refractivity contribution < 1.29 is 23.6 Å². The number of thioether (sulfide) groups is 1. The van der Waals surface area contributed by atoms with Crippen molar-refractivity contribution >= 4 is 17.7 Å². The second kappa shape index (κ2) is 11.2. The number of benzene rings is 1. The molecule has 10 heteroatoms. The first-order chi connectivity index (χ1) is 14.2. The van der Waals surface area contributed by atoms with Gasteiger partial charge in [0.05, 0.1) is 38.7 Å². The van der Waals surface area contributed by atoms with Gasteiger partial charge in [-0.25, -0.2) is 4.39 Å². The molecule has 0 spiro atoms. The third-order valence-electron chi connectivity index (χ3n) is 4.67. The van der Waals surface area contributed by atoms with E-state index in [1.54, 1.807) is 19.2 Å². The molecule has 1 aromatic heterocycles. The van der Waals surface area contributed by atoms with Crippen LogP contribution < -0.4 is 10.2 Å². The molecule has 29 heavy (non-hydrogen) atoms. The number of rotatable bonds is 10. The van der Waals surface area contributed by atoms with Gasteiger partial charge in [-0.3, -0.25) is 9.36 Å². The Balaban J connectivity index is 1.70. The number of nitrogens with one attached hydrogen (secondary N) is 2. The smallest absolute Gasteiger partial charge is 0.230 e. The Hall–Kier alpha value is -2.01. The van der Waals surface area contributed by atoms with E-state index in [0.717, 1.165) is 38.4 Å². The van der Waals surface area contributed by atoms with Gasteiger partial charge < -0.3 is 19.7 Å². The number of halogens is 1. The van der Waals surface area contributed by atoms with Crippen LogP contribution in [0.2, 0.25) is 0 Å². The number of morpholine rings is 1. The van der Waals surface area contributed by atoms with Crippen LogP contribution in [0.15, 0.2) is 29.4 Å². The minimum atomic E-state index is -0.292. The first-order valence-corrected chi connectivity index (χ1v) is 10.6. The van der Waals surface area contributed by atoms with E-state index < -0.39 is 0 Å². The normalized spacial score (nSPS) is 14.8. The number of quaternary nitrogens is 1. The van der Waals surface area contributed by atoms with E-state index in [2.05, 4.69) is 15.5 Å². The number of carbonyl (C=O) groups is 1. The highest BCUT2D eigenvalue weighted by Crippen LogP contribution is 2.24. The van der Waals surface area contributed by atoms with Gasteiger partial charge in [0.15, 0.2) is 11.0 Å². The van der Waals surface area contributed by atoms with Crippen molar-refractivity contribution in [2.75, 3.05) is 58.9 Å². The molecule has 158 valence electrons. The predicted octanol–water partition coefficient (Wildman–Crippen LogP) is -0.146. The van der Waals surface area contributed by atoms with Gasteiger partial charge in [0.1, 0.15) is 18.9 Å². The van der Waals surface area contributed by atoms with Crippen molar-refractivity contribution in [3.8, 4) is 11.4 Å². The second-order valence-electron chi connectivity index (χ2n) is 6.71. The Morgan fingerprint density at radius 3 is 2.79 bits per heavy atom. The predicted molar refractivity (Wildman–Crippen MR) is 107 cm³/mol. The van der Waals surface area contributed by atoms with Gasteiger partial charge in [0, 0.05) is 19.2 Å². The molecule has 1 amide bonds. The molecule has 2 N–H and O–H groups in total. The van der Waals surface area contributed by atoms with Crippen LogP contribution in [0.25, 0.3) is 11.4 Å². The van der Waals surface area contributed by atoms with Gasteiger partial charge in [0.25, 0.3) is 0 Å². The summed E-state index contributed by atoms with van der Waals surface area (Å²) in [6, 6.07) is 6.22. The third kappa shape index (κ3) is 6.49. The van der Waals surface area contributed by atoms with Gasteiger partial charge >= 0.3 is 0 Å². The Kier molecular flexibility index (Phi) is 8.41. The Morgan fingerprint density at radius 2 is 2.07 bits per heavy atom. The number of nitrogens with zero attached hydrogens (tertiary/aromatic N) is 3. The van der Waals surface area contributed by atoms with Crippen molar-refractivity contribution in [3.63, 3.8) is 0 Å². The van der Waals surface area contributed by atoms with Crippen LogP contribution in [0, 0.1) is 5.82 Å². The average Bonchev–Trinajstić information content (AvgIpc) is 3.15. The summed E-state index contributed by atoms with van der Waals surface area (Å²) >= 11 is 1.35. The highest BCUT2D eigenvalue weighted by atomic mass is 32.2. The first kappa shape index (κ1) is 21.7. The minimum Gasteiger partial charge on any atom is -0.383 e. The van der Waals surface area contributed by atoms with Crippen LogP contribution in [0.1, 0.15) is 0 Å². The number of carbonyl (C=O) groups excluding carboxylic acids is 1. The summed E-state index contributed by atoms with van der Waals surface area (Å²) in [5.74, 6) is 0.555. The molecule has 1 fully saturated rings. The van der Waals surface area contributed by atoms with Crippen LogP contribution in [0.4, 0.5) is 4.39 Å². The van der Waals surface area contributed by atoms with E-state index in [1.165, 1.54) is 28.8 Å². The monoisotopic (exact) mass is 424 g/mol. The summed E-state index contributed by atoms with van der Waals surface area (Å²) in [5, 5.41) is 12.1. The van der Waals surface area contributed by atoms with E-state index in [-0.39, 0.29) is 17.5 Å². The van der Waals surface area contributed by atoms with Crippen molar-refractivity contribution in [1.29, 1.82) is 0 Å². The fourth-order valence-electron chi connectivity index (χ4n) is 3.06. The number of methoxy groups -OCH3 is 1. The number of hydrogen-bond acceptors (Lipinski definition) is 6. The first-order valence-electron chi connectivity index (χ1n) is 9.66. The van der Waals surface area contributed by atoms with E-state index in [9.17, 15) is 9.18 Å². The molecule has 0 bridgehead atoms. The zero-order chi connectivity index (χ0) is 20.5. The van der Waals surface area contributed by atoms with Crippen molar-refractivity contribution in [2.45, 2.75) is 11.7 Å². The zero-order valence-electron chi connectivity index (χ0n) is 16.5. The molecule has 0 radical (unpaired) electrons. The van der Waals surface area contributed by atoms with Crippen LogP contribution in [-0.2, 0) is 20.8 Å². The molecule has 0 unspecified atom stereocenters. The summed E-state index contributed by atoms with van der Waals surface area (Å²) in [7, 11) is 1.59. The molecule has 0 aliphatic carbocycles. The van der Waals surface area contributed by atoms with Crippen LogP contribution in [-0.4, -0.2) is 79.5 Å². The van der Waals surface area contributed by atoms with Gasteiger partial charge in [0.2, 0.25) is 5.91 Å². The lowest BCUT2D eigenvalue weighted by Gasteiger charge is -2.24.